The number of piperidine rings is 1. The quantitative estimate of drug-likeness (QED) is 0.750. The van der Waals surface area contributed by atoms with Crippen molar-refractivity contribution in [1.82, 2.24) is 9.80 Å². The molecule has 0 aliphatic carbocycles. The fourth-order valence-corrected chi connectivity index (χ4v) is 3.46. The van der Waals surface area contributed by atoms with E-state index in [0.29, 0.717) is 18.1 Å². The molecule has 5 heteroatoms. The number of anilines is 1. The van der Waals surface area contributed by atoms with Crippen LogP contribution in [0.4, 0.5) is 10.5 Å². The fraction of sp³-hybridized carbons (Fsp3) is 0.409. The van der Waals surface area contributed by atoms with Crippen LogP contribution < -0.4 is 5.32 Å². The van der Waals surface area contributed by atoms with Crippen LogP contribution in [-0.2, 0) is 6.54 Å². The topological polar surface area (TPSA) is 35.6 Å². The molecular weight excluding hydrogens is 358 g/mol. The van der Waals surface area contributed by atoms with E-state index in [2.05, 4.69) is 17.1 Å². The standard InChI is InChI=1S/C22H28ClN3O/c1-18-11-13-25(14-12-18)15-16-26(17-19-7-9-20(23)10-8-19)22(27)24-21-5-3-2-4-6-21/h2-10,18H,11-17H2,1H3,(H,24,27). The minimum atomic E-state index is -0.0680. The normalized spacial score (nSPS) is 15.5. The summed E-state index contributed by atoms with van der Waals surface area (Å²) in [5, 5.41) is 3.72. The molecule has 4 nitrogen and oxygen atoms in total. The maximum absolute atomic E-state index is 12.9. The number of hydrogen-bond donors (Lipinski definition) is 1. The lowest BCUT2D eigenvalue weighted by Crippen LogP contribution is -2.42. The van der Waals surface area contributed by atoms with Crippen LogP contribution in [0.3, 0.4) is 0 Å². The third-order valence-electron chi connectivity index (χ3n) is 5.16. The highest BCUT2D eigenvalue weighted by Crippen LogP contribution is 2.17. The molecule has 1 fully saturated rings. The summed E-state index contributed by atoms with van der Waals surface area (Å²) < 4.78 is 0. The summed E-state index contributed by atoms with van der Waals surface area (Å²) in [5.41, 5.74) is 1.89. The largest absolute Gasteiger partial charge is 0.322 e. The van der Waals surface area contributed by atoms with E-state index in [-0.39, 0.29) is 6.03 Å². The van der Waals surface area contributed by atoms with Crippen molar-refractivity contribution in [2.45, 2.75) is 26.3 Å². The molecule has 1 heterocycles. The number of para-hydroxylation sites is 1. The van der Waals surface area contributed by atoms with Gasteiger partial charge in [-0.05, 0) is 61.7 Å². The molecule has 1 N–H and O–H groups in total. The average molecular weight is 386 g/mol. The van der Waals surface area contributed by atoms with Gasteiger partial charge in [0, 0.05) is 30.3 Å². The smallest absolute Gasteiger partial charge is 0.319 e. The van der Waals surface area contributed by atoms with Crippen LogP contribution in [0.25, 0.3) is 0 Å². The van der Waals surface area contributed by atoms with E-state index in [0.717, 1.165) is 36.8 Å². The number of nitrogens with zero attached hydrogens (tertiary/aromatic N) is 2. The van der Waals surface area contributed by atoms with E-state index in [1.807, 2.05) is 59.5 Å². The molecule has 2 amide bonds. The molecule has 2 aromatic rings. The molecular formula is C22H28ClN3O. The molecule has 1 aliphatic heterocycles. The monoisotopic (exact) mass is 385 g/mol. The molecule has 0 atom stereocenters. The molecule has 1 saturated heterocycles. The van der Waals surface area contributed by atoms with E-state index in [9.17, 15) is 4.79 Å². The van der Waals surface area contributed by atoms with Gasteiger partial charge in [-0.1, -0.05) is 48.9 Å². The maximum atomic E-state index is 12.9. The van der Waals surface area contributed by atoms with E-state index in [1.54, 1.807) is 0 Å². The van der Waals surface area contributed by atoms with Crippen molar-refractivity contribution in [1.29, 1.82) is 0 Å². The predicted octanol–water partition coefficient (Wildman–Crippen LogP) is 5.11. The van der Waals surface area contributed by atoms with Crippen molar-refractivity contribution in [3.8, 4) is 0 Å². The van der Waals surface area contributed by atoms with Crippen molar-refractivity contribution in [3.05, 3.63) is 65.2 Å². The molecule has 3 rings (SSSR count). The summed E-state index contributed by atoms with van der Waals surface area (Å²) in [4.78, 5) is 17.2. The van der Waals surface area contributed by atoms with Crippen LogP contribution in [0, 0.1) is 5.92 Å². The van der Waals surface area contributed by atoms with E-state index in [4.69, 9.17) is 11.6 Å². The second kappa shape index (κ2) is 9.77. The van der Waals surface area contributed by atoms with Gasteiger partial charge in [0.2, 0.25) is 0 Å². The number of carbonyl (C=O) groups excluding carboxylic acids is 1. The highest BCUT2D eigenvalue weighted by atomic mass is 35.5. The summed E-state index contributed by atoms with van der Waals surface area (Å²) in [7, 11) is 0. The summed E-state index contributed by atoms with van der Waals surface area (Å²) in [6.07, 6.45) is 2.49. The van der Waals surface area contributed by atoms with Gasteiger partial charge in [-0.3, -0.25) is 0 Å². The van der Waals surface area contributed by atoms with Crippen LogP contribution >= 0.6 is 11.6 Å². The number of hydrogen-bond acceptors (Lipinski definition) is 2. The second-order valence-electron chi connectivity index (χ2n) is 7.37. The number of benzene rings is 2. The van der Waals surface area contributed by atoms with Crippen LogP contribution in [0.5, 0.6) is 0 Å². The first-order chi connectivity index (χ1) is 13.1. The first kappa shape index (κ1) is 19.7. The maximum Gasteiger partial charge on any atom is 0.322 e. The van der Waals surface area contributed by atoms with Crippen molar-refractivity contribution in [3.63, 3.8) is 0 Å². The Bertz CT molecular complexity index is 712. The average Bonchev–Trinajstić information content (AvgIpc) is 2.68. The Hall–Kier alpha value is -2.04. The van der Waals surface area contributed by atoms with Crippen LogP contribution in [-0.4, -0.2) is 42.0 Å². The van der Waals surface area contributed by atoms with Gasteiger partial charge in [0.1, 0.15) is 0 Å². The molecule has 0 aromatic heterocycles. The van der Waals surface area contributed by atoms with Crippen molar-refractivity contribution in [2.75, 3.05) is 31.5 Å². The van der Waals surface area contributed by atoms with E-state index >= 15 is 0 Å². The molecule has 0 spiro atoms. The van der Waals surface area contributed by atoms with Gasteiger partial charge in [-0.15, -0.1) is 0 Å². The van der Waals surface area contributed by atoms with Crippen molar-refractivity contribution >= 4 is 23.3 Å². The first-order valence-electron chi connectivity index (χ1n) is 9.68. The minimum absolute atomic E-state index is 0.0680. The summed E-state index contributed by atoms with van der Waals surface area (Å²) >= 11 is 5.99. The van der Waals surface area contributed by atoms with Gasteiger partial charge >= 0.3 is 6.03 Å². The number of halogens is 1. The number of carbonyl (C=O) groups is 1. The molecule has 1 aliphatic rings. The highest BCUT2D eigenvalue weighted by Gasteiger charge is 2.19. The van der Waals surface area contributed by atoms with E-state index in [1.165, 1.54) is 12.8 Å². The lowest BCUT2D eigenvalue weighted by molar-refractivity contribution is 0.162. The number of likely N-dealkylation sites (tertiary alicyclic amines) is 1. The fourth-order valence-electron chi connectivity index (χ4n) is 3.33. The summed E-state index contributed by atoms with van der Waals surface area (Å²) in [5.74, 6) is 0.813. The van der Waals surface area contributed by atoms with Crippen molar-refractivity contribution < 1.29 is 4.79 Å². The minimum Gasteiger partial charge on any atom is -0.319 e. The first-order valence-corrected chi connectivity index (χ1v) is 10.1. The molecule has 144 valence electrons. The zero-order valence-corrected chi connectivity index (χ0v) is 16.7. The number of rotatable bonds is 6. The molecule has 2 aromatic carbocycles. The Kier molecular flexibility index (Phi) is 7.13. The summed E-state index contributed by atoms with van der Waals surface area (Å²) in [6.45, 7) is 6.74. The molecule has 0 unspecified atom stereocenters. The Labute approximate surface area is 167 Å². The SMILES string of the molecule is CC1CCN(CCN(Cc2ccc(Cl)cc2)C(=O)Nc2ccccc2)CC1. The third-order valence-corrected chi connectivity index (χ3v) is 5.41. The number of nitrogens with one attached hydrogen (secondary N) is 1. The van der Waals surface area contributed by atoms with E-state index < -0.39 is 0 Å². The van der Waals surface area contributed by atoms with Crippen LogP contribution in [0.1, 0.15) is 25.3 Å². The van der Waals surface area contributed by atoms with Gasteiger partial charge in [-0.2, -0.15) is 0 Å². The summed E-state index contributed by atoms with van der Waals surface area (Å²) in [6, 6.07) is 17.2. The Morgan fingerprint density at radius 2 is 1.78 bits per heavy atom. The van der Waals surface area contributed by atoms with Crippen LogP contribution in [0.15, 0.2) is 54.6 Å². The van der Waals surface area contributed by atoms with Gasteiger partial charge < -0.3 is 15.1 Å². The molecule has 27 heavy (non-hydrogen) atoms. The Morgan fingerprint density at radius 3 is 2.44 bits per heavy atom. The number of amides is 2. The number of urea groups is 1. The Balaban J connectivity index is 1.63. The zero-order valence-electron chi connectivity index (χ0n) is 15.9. The zero-order chi connectivity index (χ0) is 19.1. The van der Waals surface area contributed by atoms with Gasteiger partial charge in [0.15, 0.2) is 0 Å². The lowest BCUT2D eigenvalue weighted by atomic mass is 9.99. The second-order valence-corrected chi connectivity index (χ2v) is 7.80. The molecule has 0 bridgehead atoms. The highest BCUT2D eigenvalue weighted by molar-refractivity contribution is 6.30. The molecule has 0 radical (unpaired) electrons. The molecule has 0 saturated carbocycles. The predicted molar refractivity (Wildman–Crippen MR) is 112 cm³/mol. The van der Waals surface area contributed by atoms with Gasteiger partial charge in [0.25, 0.3) is 0 Å². The van der Waals surface area contributed by atoms with Crippen LogP contribution in [0.2, 0.25) is 5.02 Å². The van der Waals surface area contributed by atoms with Gasteiger partial charge in [0.05, 0.1) is 0 Å². The van der Waals surface area contributed by atoms with Crippen molar-refractivity contribution in [2.24, 2.45) is 5.92 Å². The lowest BCUT2D eigenvalue weighted by Gasteiger charge is -2.32. The third kappa shape index (κ3) is 6.26. The van der Waals surface area contributed by atoms with Gasteiger partial charge in [-0.25, -0.2) is 4.79 Å². The Morgan fingerprint density at radius 1 is 1.11 bits per heavy atom.